The Kier molecular flexibility index (Phi) is 5.94. The van der Waals surface area contributed by atoms with Crippen molar-refractivity contribution in [2.75, 3.05) is 20.8 Å². The summed E-state index contributed by atoms with van der Waals surface area (Å²) >= 11 is 6.10. The second-order valence-corrected chi connectivity index (χ2v) is 8.61. The fourth-order valence-corrected chi connectivity index (χ4v) is 4.70. The first-order valence-corrected chi connectivity index (χ1v) is 11.3. The first-order chi connectivity index (χ1) is 16.9. The third kappa shape index (κ3) is 3.91. The number of fused-ring (bicyclic) bond motifs is 2. The largest absolute Gasteiger partial charge is 0.493 e. The van der Waals surface area contributed by atoms with E-state index in [4.69, 9.17) is 25.5 Å². The summed E-state index contributed by atoms with van der Waals surface area (Å²) in [6.07, 6.45) is 0.435. The molecular weight excluding hydrogens is 473 g/mol. The second kappa shape index (κ2) is 9.07. The number of amides is 1. The van der Waals surface area contributed by atoms with Gasteiger partial charge in [-0.25, -0.2) is 4.39 Å². The molecule has 35 heavy (non-hydrogen) atoms. The zero-order chi connectivity index (χ0) is 24.7. The molecule has 8 heteroatoms. The molecule has 1 aliphatic heterocycles. The van der Waals surface area contributed by atoms with E-state index in [1.165, 1.54) is 17.0 Å². The average Bonchev–Trinajstić information content (AvgIpc) is 3.14. The summed E-state index contributed by atoms with van der Waals surface area (Å²) in [5.41, 5.74) is 1.07. The molecule has 5 rings (SSSR count). The SMILES string of the molecule is COc1ccc(CCN2C(=O)c3oc4ccc(Cl)cc4c(=O)c3C2c2ccccc2F)cc1OC. The number of carbonyl (C=O) groups is 1. The van der Waals surface area contributed by atoms with Crippen LogP contribution in [0, 0.1) is 5.82 Å². The highest BCUT2D eigenvalue weighted by Gasteiger charge is 2.43. The molecule has 6 nitrogen and oxygen atoms in total. The molecule has 3 aromatic carbocycles. The lowest BCUT2D eigenvalue weighted by Gasteiger charge is -2.25. The monoisotopic (exact) mass is 493 g/mol. The Morgan fingerprint density at radius 1 is 1.00 bits per heavy atom. The van der Waals surface area contributed by atoms with Gasteiger partial charge in [0.05, 0.1) is 31.2 Å². The van der Waals surface area contributed by atoms with E-state index in [1.54, 1.807) is 50.6 Å². The van der Waals surface area contributed by atoms with Crippen LogP contribution in [0.15, 0.2) is 69.9 Å². The predicted molar refractivity (Wildman–Crippen MR) is 130 cm³/mol. The van der Waals surface area contributed by atoms with Gasteiger partial charge in [0.2, 0.25) is 5.76 Å². The van der Waals surface area contributed by atoms with Gasteiger partial charge in [-0.3, -0.25) is 9.59 Å². The van der Waals surface area contributed by atoms with Crippen molar-refractivity contribution in [1.29, 1.82) is 0 Å². The summed E-state index contributed by atoms with van der Waals surface area (Å²) in [7, 11) is 3.10. The third-order valence-electron chi connectivity index (χ3n) is 6.22. The summed E-state index contributed by atoms with van der Waals surface area (Å²) in [5, 5.41) is 0.606. The number of hydrogen-bond donors (Lipinski definition) is 0. The zero-order valence-corrected chi connectivity index (χ0v) is 19.8. The molecule has 1 amide bonds. The van der Waals surface area contributed by atoms with Crippen molar-refractivity contribution < 1.29 is 23.1 Å². The maximum absolute atomic E-state index is 15.0. The first-order valence-electron chi connectivity index (χ1n) is 11.0. The van der Waals surface area contributed by atoms with Gasteiger partial charge in [0.15, 0.2) is 16.9 Å². The van der Waals surface area contributed by atoms with Crippen LogP contribution in [-0.4, -0.2) is 31.6 Å². The first kappa shape index (κ1) is 22.9. The van der Waals surface area contributed by atoms with Crippen molar-refractivity contribution in [1.82, 2.24) is 4.90 Å². The fourth-order valence-electron chi connectivity index (χ4n) is 4.53. The van der Waals surface area contributed by atoms with Gasteiger partial charge in [0.25, 0.3) is 5.91 Å². The molecule has 4 aromatic rings. The third-order valence-corrected chi connectivity index (χ3v) is 6.45. The van der Waals surface area contributed by atoms with Gasteiger partial charge in [0, 0.05) is 17.1 Å². The Bertz CT molecular complexity index is 1520. The Balaban J connectivity index is 1.60. The van der Waals surface area contributed by atoms with Crippen LogP contribution in [-0.2, 0) is 6.42 Å². The molecule has 1 atom stereocenters. The van der Waals surface area contributed by atoms with E-state index in [9.17, 15) is 14.0 Å². The molecule has 0 saturated heterocycles. The molecule has 2 heterocycles. The zero-order valence-electron chi connectivity index (χ0n) is 19.0. The maximum atomic E-state index is 15.0. The standard InChI is InChI=1S/C27H21ClFNO5/c1-33-21-9-7-15(13-22(21)34-2)11-12-30-24(17-5-3-4-6-19(17)29)23-25(31)18-14-16(28)8-10-20(18)35-26(23)27(30)32/h3-10,13-14,24H,11-12H2,1-2H3. The predicted octanol–water partition coefficient (Wildman–Crippen LogP) is 5.39. The number of ether oxygens (including phenoxy) is 2. The van der Waals surface area contributed by atoms with Crippen LogP contribution < -0.4 is 14.9 Å². The number of rotatable bonds is 6. The van der Waals surface area contributed by atoms with Crippen LogP contribution in [0.2, 0.25) is 5.02 Å². The molecule has 0 bridgehead atoms. The highest BCUT2D eigenvalue weighted by molar-refractivity contribution is 6.31. The molecular formula is C27H21ClFNO5. The fraction of sp³-hybridized carbons (Fsp3) is 0.185. The maximum Gasteiger partial charge on any atom is 0.290 e. The number of nitrogens with zero attached hydrogens (tertiary/aromatic N) is 1. The second-order valence-electron chi connectivity index (χ2n) is 8.18. The van der Waals surface area contributed by atoms with Crippen LogP contribution in [0.3, 0.4) is 0 Å². The molecule has 0 aliphatic carbocycles. The molecule has 1 unspecified atom stereocenters. The van der Waals surface area contributed by atoms with Crippen molar-refractivity contribution in [3.63, 3.8) is 0 Å². The summed E-state index contributed by atoms with van der Waals surface area (Å²) in [4.78, 5) is 28.5. The van der Waals surface area contributed by atoms with Crippen molar-refractivity contribution >= 4 is 28.5 Å². The smallest absolute Gasteiger partial charge is 0.290 e. The normalized spacial score (nSPS) is 14.9. The lowest BCUT2D eigenvalue weighted by molar-refractivity contribution is 0.0728. The van der Waals surface area contributed by atoms with Crippen molar-refractivity contribution in [2.45, 2.75) is 12.5 Å². The summed E-state index contributed by atoms with van der Waals surface area (Å²) < 4.78 is 31.5. The van der Waals surface area contributed by atoms with Crippen LogP contribution in [0.5, 0.6) is 11.5 Å². The van der Waals surface area contributed by atoms with Gasteiger partial charge in [-0.05, 0) is 48.4 Å². The van der Waals surface area contributed by atoms with Crippen LogP contribution >= 0.6 is 11.6 Å². The average molecular weight is 494 g/mol. The summed E-state index contributed by atoms with van der Waals surface area (Å²) in [6, 6.07) is 15.3. The van der Waals surface area contributed by atoms with Gasteiger partial charge < -0.3 is 18.8 Å². The number of halogens is 2. The van der Waals surface area contributed by atoms with Gasteiger partial charge in [-0.2, -0.15) is 0 Å². The minimum Gasteiger partial charge on any atom is -0.493 e. The molecule has 0 fully saturated rings. The Morgan fingerprint density at radius 2 is 1.77 bits per heavy atom. The highest BCUT2D eigenvalue weighted by atomic mass is 35.5. The van der Waals surface area contributed by atoms with Gasteiger partial charge >= 0.3 is 0 Å². The van der Waals surface area contributed by atoms with E-state index in [0.717, 1.165) is 5.56 Å². The molecule has 1 aliphatic rings. The van der Waals surface area contributed by atoms with Crippen LogP contribution in [0.4, 0.5) is 4.39 Å². The highest BCUT2D eigenvalue weighted by Crippen LogP contribution is 2.39. The van der Waals surface area contributed by atoms with Gasteiger partial charge in [-0.15, -0.1) is 0 Å². The Labute approximate surface area is 205 Å². The number of methoxy groups -OCH3 is 2. The minimum atomic E-state index is -0.932. The number of hydrogen-bond acceptors (Lipinski definition) is 5. The lowest BCUT2D eigenvalue weighted by Crippen LogP contribution is -2.32. The van der Waals surface area contributed by atoms with E-state index >= 15 is 0 Å². The van der Waals surface area contributed by atoms with E-state index in [2.05, 4.69) is 0 Å². The molecule has 0 radical (unpaired) electrons. The Morgan fingerprint density at radius 3 is 2.51 bits per heavy atom. The van der Waals surface area contributed by atoms with Crippen molar-refractivity contribution in [2.24, 2.45) is 0 Å². The van der Waals surface area contributed by atoms with Crippen molar-refractivity contribution in [3.8, 4) is 11.5 Å². The van der Waals surface area contributed by atoms with E-state index in [0.29, 0.717) is 22.9 Å². The number of benzene rings is 3. The van der Waals surface area contributed by atoms with Crippen LogP contribution in [0.1, 0.15) is 33.3 Å². The van der Waals surface area contributed by atoms with E-state index < -0.39 is 23.2 Å². The van der Waals surface area contributed by atoms with Crippen LogP contribution in [0.25, 0.3) is 11.0 Å². The quantitative estimate of drug-likeness (QED) is 0.360. The summed E-state index contributed by atoms with van der Waals surface area (Å²) in [6.45, 7) is 0.216. The molecule has 178 valence electrons. The van der Waals surface area contributed by atoms with Gasteiger partial charge in [-0.1, -0.05) is 35.9 Å². The number of carbonyl (C=O) groups excluding carboxylic acids is 1. The van der Waals surface area contributed by atoms with Crippen molar-refractivity contribution in [3.05, 3.63) is 104 Å². The molecule has 0 N–H and O–H groups in total. The Hall–Kier alpha value is -3.84. The van der Waals surface area contributed by atoms with Gasteiger partial charge in [0.1, 0.15) is 11.4 Å². The van der Waals surface area contributed by atoms with E-state index in [-0.39, 0.29) is 34.4 Å². The lowest BCUT2D eigenvalue weighted by atomic mass is 9.98. The topological polar surface area (TPSA) is 69.0 Å². The molecule has 0 saturated carbocycles. The summed E-state index contributed by atoms with van der Waals surface area (Å²) in [5.74, 6) is 0.0878. The van der Waals surface area contributed by atoms with E-state index in [1.807, 2.05) is 12.1 Å². The minimum absolute atomic E-state index is 0.0783. The molecule has 0 spiro atoms. The molecule has 1 aromatic heterocycles.